The molecule has 1 N–H and O–H groups in total. The number of nitrogens with zero attached hydrogens (tertiary/aromatic N) is 3. The Morgan fingerprint density at radius 3 is 2.84 bits per heavy atom. The zero-order chi connectivity index (χ0) is 13.8. The van der Waals surface area contributed by atoms with Gasteiger partial charge in [0, 0.05) is 13.1 Å². The first-order chi connectivity index (χ1) is 9.13. The lowest BCUT2D eigenvalue weighted by Crippen LogP contribution is -2.25. The van der Waals surface area contributed by atoms with Crippen molar-refractivity contribution in [1.82, 2.24) is 20.2 Å². The molecule has 1 atom stereocenters. The lowest BCUT2D eigenvalue weighted by atomic mass is 10.0. The normalized spacial score (nSPS) is 21.4. The highest BCUT2D eigenvalue weighted by Crippen LogP contribution is 2.31. The van der Waals surface area contributed by atoms with Gasteiger partial charge in [0.15, 0.2) is 5.75 Å². The van der Waals surface area contributed by atoms with E-state index in [1.165, 1.54) is 0 Å². The summed E-state index contributed by atoms with van der Waals surface area (Å²) in [6.07, 6.45) is 2.70. The molecule has 1 saturated heterocycles. The Bertz CT molecular complexity index is 422. The van der Waals surface area contributed by atoms with E-state index in [-0.39, 0.29) is 6.04 Å². The Hall–Kier alpha value is -1.20. The fourth-order valence-corrected chi connectivity index (χ4v) is 2.50. The number of hydrogen-bond acceptors (Lipinski definition) is 5. The Morgan fingerprint density at radius 1 is 1.37 bits per heavy atom. The summed E-state index contributed by atoms with van der Waals surface area (Å²) in [5, 5.41) is 3.56. The fraction of sp³-hybridized carbons (Fsp3) is 0.714. The van der Waals surface area contributed by atoms with Crippen LogP contribution in [0.2, 0.25) is 0 Å². The standard InChI is InChI=1S/C14H24N4O/c1-10(2)12-14(19-4)13(17-9-16-12)11-5-7-18(3)8-6-15-11/h9-11,15H,5-8H2,1-4H3. The highest BCUT2D eigenvalue weighted by molar-refractivity contribution is 5.36. The largest absolute Gasteiger partial charge is 0.493 e. The predicted octanol–water partition coefficient (Wildman–Crippen LogP) is 1.57. The minimum absolute atomic E-state index is 0.250. The van der Waals surface area contributed by atoms with E-state index in [4.69, 9.17) is 4.74 Å². The van der Waals surface area contributed by atoms with Crippen molar-refractivity contribution in [1.29, 1.82) is 0 Å². The van der Waals surface area contributed by atoms with Gasteiger partial charge in [-0.25, -0.2) is 9.97 Å². The van der Waals surface area contributed by atoms with Gasteiger partial charge >= 0.3 is 0 Å². The highest BCUT2D eigenvalue weighted by atomic mass is 16.5. The van der Waals surface area contributed by atoms with E-state index in [9.17, 15) is 0 Å². The van der Waals surface area contributed by atoms with Gasteiger partial charge in [0.2, 0.25) is 0 Å². The molecule has 2 rings (SSSR count). The lowest BCUT2D eigenvalue weighted by molar-refractivity contribution is 0.352. The molecule has 1 aliphatic rings. The van der Waals surface area contributed by atoms with Crippen LogP contribution in [0.1, 0.15) is 43.6 Å². The van der Waals surface area contributed by atoms with Gasteiger partial charge in [0.05, 0.1) is 18.8 Å². The van der Waals surface area contributed by atoms with Crippen LogP contribution in [0.15, 0.2) is 6.33 Å². The molecule has 0 spiro atoms. The molecule has 0 aliphatic carbocycles. The summed E-state index contributed by atoms with van der Waals surface area (Å²) in [5.74, 6) is 1.18. The van der Waals surface area contributed by atoms with Crippen molar-refractivity contribution in [3.05, 3.63) is 17.7 Å². The maximum Gasteiger partial charge on any atom is 0.163 e. The van der Waals surface area contributed by atoms with E-state index >= 15 is 0 Å². The van der Waals surface area contributed by atoms with Crippen LogP contribution < -0.4 is 10.1 Å². The molecule has 1 fully saturated rings. The molecule has 0 amide bonds. The van der Waals surface area contributed by atoms with E-state index in [2.05, 4.69) is 41.1 Å². The second kappa shape index (κ2) is 6.30. The van der Waals surface area contributed by atoms with Crippen LogP contribution in [0.4, 0.5) is 0 Å². The summed E-state index contributed by atoms with van der Waals surface area (Å²) in [7, 11) is 3.86. The average molecular weight is 264 g/mol. The summed E-state index contributed by atoms with van der Waals surface area (Å²) < 4.78 is 5.58. The van der Waals surface area contributed by atoms with Gasteiger partial charge in [-0.1, -0.05) is 13.8 Å². The van der Waals surface area contributed by atoms with Gasteiger partial charge in [-0.15, -0.1) is 0 Å². The number of methoxy groups -OCH3 is 1. The van der Waals surface area contributed by atoms with Gasteiger partial charge in [-0.3, -0.25) is 0 Å². The van der Waals surface area contributed by atoms with Crippen molar-refractivity contribution in [2.45, 2.75) is 32.2 Å². The molecule has 1 unspecified atom stereocenters. The van der Waals surface area contributed by atoms with Gasteiger partial charge in [0.1, 0.15) is 12.0 Å². The number of ether oxygens (including phenoxy) is 1. The molecular weight excluding hydrogens is 240 g/mol. The molecule has 5 heteroatoms. The number of aromatic nitrogens is 2. The zero-order valence-electron chi connectivity index (χ0n) is 12.3. The second-order valence-corrected chi connectivity index (χ2v) is 5.43. The molecule has 106 valence electrons. The second-order valence-electron chi connectivity index (χ2n) is 5.43. The first-order valence-electron chi connectivity index (χ1n) is 6.94. The zero-order valence-corrected chi connectivity index (χ0v) is 12.3. The molecule has 1 aromatic heterocycles. The SMILES string of the molecule is COc1c(C(C)C)ncnc1C1CCN(C)CCN1. The topological polar surface area (TPSA) is 50.3 Å². The smallest absolute Gasteiger partial charge is 0.163 e. The number of hydrogen-bond donors (Lipinski definition) is 1. The average Bonchev–Trinajstić information content (AvgIpc) is 2.62. The molecule has 0 aromatic carbocycles. The van der Waals surface area contributed by atoms with Crippen molar-refractivity contribution in [3.8, 4) is 5.75 Å². The predicted molar refractivity (Wildman–Crippen MR) is 75.5 cm³/mol. The third kappa shape index (κ3) is 3.22. The maximum absolute atomic E-state index is 5.58. The third-order valence-corrected chi connectivity index (χ3v) is 3.62. The molecule has 2 heterocycles. The van der Waals surface area contributed by atoms with E-state index < -0.39 is 0 Å². The van der Waals surface area contributed by atoms with Gasteiger partial charge in [-0.2, -0.15) is 0 Å². The molecule has 1 aliphatic heterocycles. The highest BCUT2D eigenvalue weighted by Gasteiger charge is 2.23. The summed E-state index contributed by atoms with van der Waals surface area (Å²) in [4.78, 5) is 11.2. The van der Waals surface area contributed by atoms with Crippen LogP contribution in [-0.2, 0) is 0 Å². The summed E-state index contributed by atoms with van der Waals surface area (Å²) in [6.45, 7) is 7.37. The molecule has 0 bridgehead atoms. The molecule has 1 aromatic rings. The first-order valence-corrected chi connectivity index (χ1v) is 6.94. The van der Waals surface area contributed by atoms with Crippen molar-refractivity contribution in [2.75, 3.05) is 33.8 Å². The first kappa shape index (κ1) is 14.2. The number of likely N-dealkylation sites (N-methyl/N-ethyl adjacent to an activating group) is 1. The van der Waals surface area contributed by atoms with Gasteiger partial charge < -0.3 is 15.0 Å². The van der Waals surface area contributed by atoms with Crippen LogP contribution in [-0.4, -0.2) is 48.7 Å². The van der Waals surface area contributed by atoms with Crippen molar-refractivity contribution < 1.29 is 4.74 Å². The minimum atomic E-state index is 0.250. The maximum atomic E-state index is 5.58. The molecule has 5 nitrogen and oxygen atoms in total. The fourth-order valence-electron chi connectivity index (χ4n) is 2.50. The summed E-state index contributed by atoms with van der Waals surface area (Å²) in [5.41, 5.74) is 1.99. The van der Waals surface area contributed by atoms with E-state index in [0.29, 0.717) is 5.92 Å². The van der Waals surface area contributed by atoms with Crippen LogP contribution in [0.25, 0.3) is 0 Å². The monoisotopic (exact) mass is 264 g/mol. The number of rotatable bonds is 3. The Balaban J connectivity index is 2.30. The van der Waals surface area contributed by atoms with Crippen LogP contribution in [0, 0.1) is 0 Å². The summed E-state index contributed by atoms with van der Waals surface area (Å²) >= 11 is 0. The van der Waals surface area contributed by atoms with Crippen molar-refractivity contribution >= 4 is 0 Å². The lowest BCUT2D eigenvalue weighted by Gasteiger charge is -2.20. The van der Waals surface area contributed by atoms with Crippen molar-refractivity contribution in [3.63, 3.8) is 0 Å². The summed E-state index contributed by atoms with van der Waals surface area (Å²) in [6, 6.07) is 0.250. The quantitative estimate of drug-likeness (QED) is 0.898. The van der Waals surface area contributed by atoms with E-state index in [0.717, 1.165) is 43.2 Å². The van der Waals surface area contributed by atoms with Gasteiger partial charge in [0.25, 0.3) is 0 Å². The van der Waals surface area contributed by atoms with E-state index in [1.807, 2.05) is 0 Å². The molecule has 0 radical (unpaired) electrons. The Morgan fingerprint density at radius 2 is 2.16 bits per heavy atom. The van der Waals surface area contributed by atoms with Crippen LogP contribution >= 0.6 is 0 Å². The van der Waals surface area contributed by atoms with Gasteiger partial charge in [-0.05, 0) is 25.9 Å². The van der Waals surface area contributed by atoms with Crippen LogP contribution in [0.5, 0.6) is 5.75 Å². The third-order valence-electron chi connectivity index (χ3n) is 3.62. The van der Waals surface area contributed by atoms with Crippen LogP contribution in [0.3, 0.4) is 0 Å². The molecular formula is C14H24N4O. The Kier molecular flexibility index (Phi) is 4.71. The molecule has 0 saturated carbocycles. The van der Waals surface area contributed by atoms with E-state index in [1.54, 1.807) is 13.4 Å². The minimum Gasteiger partial charge on any atom is -0.493 e. The molecule has 19 heavy (non-hydrogen) atoms. The van der Waals surface area contributed by atoms with Crippen molar-refractivity contribution in [2.24, 2.45) is 0 Å². The number of nitrogens with one attached hydrogen (secondary N) is 1. The Labute approximate surface area is 115 Å².